The Morgan fingerprint density at radius 2 is 1.62 bits per heavy atom. The van der Waals surface area contributed by atoms with Crippen molar-refractivity contribution in [2.24, 2.45) is 58.2 Å². The molecule has 4 fully saturated rings. The van der Waals surface area contributed by atoms with Gasteiger partial charge in [-0.05, 0) is 90.8 Å². The highest BCUT2D eigenvalue weighted by Gasteiger charge is 2.64. The summed E-state index contributed by atoms with van der Waals surface area (Å²) in [6, 6.07) is 0. The molecule has 0 radical (unpaired) electrons. The van der Waals surface area contributed by atoms with Crippen LogP contribution in [0, 0.1) is 58.2 Å². The van der Waals surface area contributed by atoms with Crippen LogP contribution in [0.15, 0.2) is 0 Å². The van der Waals surface area contributed by atoms with E-state index in [0.29, 0.717) is 19.3 Å². The lowest BCUT2D eigenvalue weighted by atomic mass is 9.44. The number of hydrogen-bond acceptors (Lipinski definition) is 8. The predicted molar refractivity (Wildman–Crippen MR) is 137 cm³/mol. The maximum Gasteiger partial charge on any atom is 0.218 e. The fourth-order valence-corrected chi connectivity index (χ4v) is 10.1. The van der Waals surface area contributed by atoms with Gasteiger partial charge in [0.25, 0.3) is 0 Å². The van der Waals surface area contributed by atoms with E-state index in [1.165, 1.54) is 0 Å². The van der Waals surface area contributed by atoms with Crippen LogP contribution >= 0.6 is 0 Å². The van der Waals surface area contributed by atoms with Crippen molar-refractivity contribution in [2.75, 3.05) is 0 Å². The number of fused-ring (bicyclic) bond motifs is 5. The molecule has 0 aromatic rings. The van der Waals surface area contributed by atoms with Crippen molar-refractivity contribution in [3.63, 3.8) is 0 Å². The first-order valence-corrected chi connectivity index (χ1v) is 15.6. The zero-order chi connectivity index (χ0) is 27.7. The number of carbonyl (C=O) groups excluding carboxylic acids is 1. The Kier molecular flexibility index (Phi) is 8.04. The molecule has 0 aliphatic heterocycles. The molecule has 8 nitrogen and oxygen atoms in total. The Morgan fingerprint density at radius 1 is 1.00 bits per heavy atom. The van der Waals surface area contributed by atoms with Crippen LogP contribution in [0.4, 0.5) is 0 Å². The van der Waals surface area contributed by atoms with Crippen LogP contribution in [0.1, 0.15) is 86.5 Å². The maximum atomic E-state index is 13.4. The SMILES string of the molecule is CC(C)[C@H](C)[C@@H](O)[C@H](OS(=O)(=O)[O-])[C@@H](C)[C@H]1CC[C@H]2[C@@H]3CC(=O)[C@H]4C[C@H](O)[C@H](O)C[C@]4(C)[C@H]3CC[C@]12C. The molecule has 4 rings (SSSR count). The lowest BCUT2D eigenvalue weighted by Gasteiger charge is -2.61. The highest BCUT2D eigenvalue weighted by atomic mass is 32.3. The first-order chi connectivity index (χ1) is 17.0. The van der Waals surface area contributed by atoms with E-state index < -0.39 is 34.8 Å². The zero-order valence-electron chi connectivity index (χ0n) is 23.2. The second-order valence-electron chi connectivity index (χ2n) is 13.8. The number of rotatable bonds is 7. The van der Waals surface area contributed by atoms with E-state index in [9.17, 15) is 33.1 Å². The molecule has 13 atom stereocenters. The van der Waals surface area contributed by atoms with Crippen LogP contribution in [0.5, 0.6) is 0 Å². The molecule has 37 heavy (non-hydrogen) atoms. The van der Waals surface area contributed by atoms with Crippen LogP contribution in [0.25, 0.3) is 0 Å². The smallest absolute Gasteiger partial charge is 0.218 e. The largest absolute Gasteiger partial charge is 0.726 e. The third-order valence-electron chi connectivity index (χ3n) is 11.9. The van der Waals surface area contributed by atoms with E-state index in [1.807, 2.05) is 27.7 Å². The molecule has 0 heterocycles. The summed E-state index contributed by atoms with van der Waals surface area (Å²) in [4.78, 5) is 13.4. The third-order valence-corrected chi connectivity index (χ3v) is 12.3. The Morgan fingerprint density at radius 3 is 2.22 bits per heavy atom. The molecule has 0 aromatic heterocycles. The van der Waals surface area contributed by atoms with E-state index in [1.54, 1.807) is 0 Å². The Labute approximate surface area is 222 Å². The Balaban J connectivity index is 1.61. The van der Waals surface area contributed by atoms with Gasteiger partial charge in [-0.25, -0.2) is 8.42 Å². The average Bonchev–Trinajstić information content (AvgIpc) is 3.14. The molecule has 4 aliphatic carbocycles. The molecule has 0 unspecified atom stereocenters. The van der Waals surface area contributed by atoms with Gasteiger partial charge in [0.05, 0.1) is 18.3 Å². The van der Waals surface area contributed by atoms with Crippen LogP contribution in [-0.4, -0.2) is 58.5 Å². The quantitative estimate of drug-likeness (QED) is 0.328. The molecule has 0 saturated heterocycles. The summed E-state index contributed by atoms with van der Waals surface area (Å²) in [7, 11) is -5.01. The van der Waals surface area contributed by atoms with Gasteiger partial charge in [-0.3, -0.25) is 8.98 Å². The molecule has 0 aromatic carbocycles. The normalized spacial score (nSPS) is 45.5. The van der Waals surface area contributed by atoms with E-state index in [0.717, 1.165) is 25.7 Å². The van der Waals surface area contributed by atoms with Gasteiger partial charge >= 0.3 is 0 Å². The summed E-state index contributed by atoms with van der Waals surface area (Å²) in [5.41, 5.74) is -0.513. The molecular weight excluding hydrogens is 496 g/mol. The van der Waals surface area contributed by atoms with Crippen molar-refractivity contribution < 1.29 is 37.3 Å². The number of Topliss-reactive ketones (excluding diaryl/α,β-unsaturated/α-hetero) is 1. The topological polar surface area (TPSA) is 144 Å². The molecule has 9 heteroatoms. The van der Waals surface area contributed by atoms with Gasteiger partial charge in [0.15, 0.2) is 0 Å². The molecule has 3 N–H and O–H groups in total. The van der Waals surface area contributed by atoms with Gasteiger partial charge in [0, 0.05) is 12.3 Å². The minimum absolute atomic E-state index is 0.0404. The van der Waals surface area contributed by atoms with Crippen molar-refractivity contribution in [1.82, 2.24) is 0 Å². The zero-order valence-corrected chi connectivity index (χ0v) is 24.0. The summed E-state index contributed by atoms with van der Waals surface area (Å²) in [6.07, 6.45) is 0.897. The number of aliphatic hydroxyl groups excluding tert-OH is 3. The van der Waals surface area contributed by atoms with Gasteiger partial charge in [-0.2, -0.15) is 0 Å². The average molecular weight is 544 g/mol. The lowest BCUT2D eigenvalue weighted by Crippen LogP contribution is -2.59. The van der Waals surface area contributed by atoms with Gasteiger partial charge < -0.3 is 19.9 Å². The predicted octanol–water partition coefficient (Wildman–Crippen LogP) is 3.29. The Hall–Kier alpha value is -0.580. The summed E-state index contributed by atoms with van der Waals surface area (Å²) >= 11 is 0. The minimum atomic E-state index is -5.01. The van der Waals surface area contributed by atoms with Gasteiger partial charge in [-0.15, -0.1) is 0 Å². The van der Waals surface area contributed by atoms with Crippen molar-refractivity contribution in [3.05, 3.63) is 0 Å². The van der Waals surface area contributed by atoms with Gasteiger partial charge in [0.1, 0.15) is 11.9 Å². The number of aliphatic hydroxyl groups is 3. The highest BCUT2D eigenvalue weighted by molar-refractivity contribution is 7.80. The van der Waals surface area contributed by atoms with E-state index in [2.05, 4.69) is 13.8 Å². The molecule has 4 aliphatic rings. The van der Waals surface area contributed by atoms with Gasteiger partial charge in [0.2, 0.25) is 10.4 Å². The van der Waals surface area contributed by atoms with Crippen molar-refractivity contribution >= 4 is 16.2 Å². The molecular formula is C28H47O8S-. The monoisotopic (exact) mass is 543 g/mol. The van der Waals surface area contributed by atoms with Gasteiger partial charge in [-0.1, -0.05) is 41.5 Å². The molecule has 214 valence electrons. The van der Waals surface area contributed by atoms with Crippen molar-refractivity contribution in [3.8, 4) is 0 Å². The van der Waals surface area contributed by atoms with Crippen LogP contribution in [0.3, 0.4) is 0 Å². The fourth-order valence-electron chi connectivity index (χ4n) is 9.49. The van der Waals surface area contributed by atoms with Crippen molar-refractivity contribution in [2.45, 2.75) is 111 Å². The van der Waals surface area contributed by atoms with Crippen LogP contribution in [0.2, 0.25) is 0 Å². The standard InChI is InChI=1S/C28H48O8S/c1-14(2)15(3)25(32)26(36-37(33,34)35)16(4)18-7-8-19-17-11-22(29)21-12-23(30)24(31)13-28(21,6)20(17)9-10-27(18,19)5/h14-21,23-26,30-32H,7-13H2,1-6H3,(H,33,34,35)/p-1/t15-,16-,17-,18+,19-,20-,21+,23-,24+,25+,26+,27+,28+/m0/s1. The van der Waals surface area contributed by atoms with Crippen LogP contribution in [-0.2, 0) is 19.4 Å². The molecule has 0 bridgehead atoms. The van der Waals surface area contributed by atoms with E-state index in [-0.39, 0.29) is 64.0 Å². The summed E-state index contributed by atoms with van der Waals surface area (Å²) in [6.45, 7) is 12.0. The third kappa shape index (κ3) is 5.06. The van der Waals surface area contributed by atoms with E-state index in [4.69, 9.17) is 4.18 Å². The molecule has 0 amide bonds. The number of carbonyl (C=O) groups is 1. The van der Waals surface area contributed by atoms with Crippen molar-refractivity contribution in [1.29, 1.82) is 0 Å². The summed E-state index contributed by atoms with van der Waals surface area (Å²) in [5.74, 6) is 0.190. The fraction of sp³-hybridized carbons (Fsp3) is 0.964. The lowest BCUT2D eigenvalue weighted by molar-refractivity contribution is -0.174. The second-order valence-corrected chi connectivity index (χ2v) is 14.8. The first-order valence-electron chi connectivity index (χ1n) is 14.2. The summed E-state index contributed by atoms with van der Waals surface area (Å²) < 4.78 is 40.2. The maximum absolute atomic E-state index is 13.4. The van der Waals surface area contributed by atoms with E-state index >= 15 is 0 Å². The number of hydrogen-bond donors (Lipinski definition) is 3. The number of ketones is 1. The Bertz CT molecular complexity index is 967. The molecule has 0 spiro atoms. The molecule has 4 saturated carbocycles. The second kappa shape index (κ2) is 10.1. The minimum Gasteiger partial charge on any atom is -0.726 e. The highest BCUT2D eigenvalue weighted by Crippen LogP contribution is 2.68. The first kappa shape index (κ1) is 29.4. The van der Waals surface area contributed by atoms with Crippen LogP contribution < -0.4 is 0 Å². The summed E-state index contributed by atoms with van der Waals surface area (Å²) in [5, 5.41) is 31.9.